The molecule has 2 N–H and O–H groups in total. The number of methoxy groups -OCH3 is 1. The van der Waals surface area contributed by atoms with Crippen LogP contribution in [0.15, 0.2) is 35.7 Å². The zero-order chi connectivity index (χ0) is 21.3. The fourth-order valence-corrected chi connectivity index (χ4v) is 4.60. The molecule has 0 atom stereocenters. The summed E-state index contributed by atoms with van der Waals surface area (Å²) in [6, 6.07) is 9.66. The molecule has 0 bridgehead atoms. The Hall–Kier alpha value is -3.26. The Bertz CT molecular complexity index is 1100. The molecule has 8 heteroatoms. The van der Waals surface area contributed by atoms with Gasteiger partial charge in [0, 0.05) is 28.4 Å². The first-order valence-electron chi connectivity index (χ1n) is 9.50. The van der Waals surface area contributed by atoms with Crippen LogP contribution < -0.4 is 15.2 Å². The van der Waals surface area contributed by atoms with Crippen molar-refractivity contribution in [1.29, 1.82) is 0 Å². The number of carbonyl (C=O) groups excluding carboxylic acids is 2. The summed E-state index contributed by atoms with van der Waals surface area (Å²) in [6.45, 7) is 2.59. The predicted octanol–water partition coefficient (Wildman–Crippen LogP) is 3.51. The summed E-state index contributed by atoms with van der Waals surface area (Å²) in [5, 5.41) is 1.95. The van der Waals surface area contributed by atoms with Crippen molar-refractivity contribution in [3.05, 3.63) is 58.2 Å². The maximum atomic E-state index is 12.4. The van der Waals surface area contributed by atoms with Gasteiger partial charge in [0.2, 0.25) is 6.79 Å². The third-order valence-electron chi connectivity index (χ3n) is 5.22. The molecule has 156 valence electrons. The second kappa shape index (κ2) is 8.23. The molecule has 0 fully saturated rings. The van der Waals surface area contributed by atoms with E-state index >= 15 is 0 Å². The highest BCUT2D eigenvalue weighted by molar-refractivity contribution is 7.13. The van der Waals surface area contributed by atoms with Crippen molar-refractivity contribution in [3.63, 3.8) is 0 Å². The maximum absolute atomic E-state index is 12.4. The third kappa shape index (κ3) is 3.66. The second-order valence-electron chi connectivity index (χ2n) is 6.97. The van der Waals surface area contributed by atoms with Crippen molar-refractivity contribution in [2.24, 2.45) is 5.73 Å². The summed E-state index contributed by atoms with van der Waals surface area (Å²) in [5.41, 5.74) is 9.69. The van der Waals surface area contributed by atoms with E-state index in [2.05, 4.69) is 4.57 Å². The molecule has 1 aliphatic heterocycles. The molecule has 0 unspecified atom stereocenters. The zero-order valence-corrected chi connectivity index (χ0v) is 17.6. The first-order chi connectivity index (χ1) is 14.5. The van der Waals surface area contributed by atoms with Crippen molar-refractivity contribution < 1.29 is 23.8 Å². The first-order valence-corrected chi connectivity index (χ1v) is 10.4. The second-order valence-corrected chi connectivity index (χ2v) is 7.92. The minimum absolute atomic E-state index is 0.206. The Kier molecular flexibility index (Phi) is 5.50. The van der Waals surface area contributed by atoms with E-state index in [0.717, 1.165) is 27.4 Å². The SMILES string of the molecule is COC(=O)CCc1c(-c2cccs2)c(C(N)=O)c(C)n1Cc1ccc2c(c1)OCO2. The van der Waals surface area contributed by atoms with E-state index in [4.69, 9.17) is 19.9 Å². The van der Waals surface area contributed by atoms with Gasteiger partial charge in [-0.15, -0.1) is 11.3 Å². The van der Waals surface area contributed by atoms with Crippen LogP contribution in [0.3, 0.4) is 0 Å². The lowest BCUT2D eigenvalue weighted by atomic mass is 10.0. The zero-order valence-electron chi connectivity index (χ0n) is 16.8. The van der Waals surface area contributed by atoms with Crippen LogP contribution in [0.2, 0.25) is 0 Å². The van der Waals surface area contributed by atoms with Crippen LogP contribution in [0.4, 0.5) is 0 Å². The molecule has 7 nitrogen and oxygen atoms in total. The molecule has 3 aromatic rings. The predicted molar refractivity (Wildman–Crippen MR) is 113 cm³/mol. The number of esters is 1. The number of nitrogens with zero attached hydrogens (tertiary/aromatic N) is 1. The van der Waals surface area contributed by atoms with E-state index in [1.807, 2.05) is 42.6 Å². The van der Waals surface area contributed by atoms with Gasteiger partial charge in [0.25, 0.3) is 5.91 Å². The van der Waals surface area contributed by atoms with Crippen LogP contribution in [0.1, 0.15) is 33.7 Å². The van der Waals surface area contributed by atoms with Crippen molar-refractivity contribution in [2.45, 2.75) is 26.3 Å². The van der Waals surface area contributed by atoms with E-state index in [-0.39, 0.29) is 19.2 Å². The Morgan fingerprint density at radius 3 is 2.73 bits per heavy atom. The molecule has 30 heavy (non-hydrogen) atoms. The highest BCUT2D eigenvalue weighted by Gasteiger charge is 2.26. The fraction of sp³-hybridized carbons (Fsp3) is 0.273. The summed E-state index contributed by atoms with van der Waals surface area (Å²) >= 11 is 1.53. The lowest BCUT2D eigenvalue weighted by molar-refractivity contribution is -0.140. The standard InChI is InChI=1S/C22H22N2O5S/c1-13-20(22(23)26)21(18-4-3-9-30-18)15(6-8-19(25)27-2)24(13)11-14-5-7-16-17(10-14)29-12-28-16/h3-5,7,9-10H,6,8,11-12H2,1-2H3,(H2,23,26). The molecule has 0 radical (unpaired) electrons. The topological polar surface area (TPSA) is 92.8 Å². The number of thiophene rings is 1. The average Bonchev–Trinajstić information content (AvgIpc) is 3.46. The molecule has 1 amide bonds. The lowest BCUT2D eigenvalue weighted by Crippen LogP contribution is -2.13. The summed E-state index contributed by atoms with van der Waals surface area (Å²) in [5.74, 6) is 0.619. The van der Waals surface area contributed by atoms with Gasteiger partial charge in [-0.25, -0.2) is 0 Å². The molecule has 0 spiro atoms. The van der Waals surface area contributed by atoms with Gasteiger partial charge in [-0.05, 0) is 42.5 Å². The number of fused-ring (bicyclic) bond motifs is 1. The summed E-state index contributed by atoms with van der Waals surface area (Å²) in [4.78, 5) is 25.2. The van der Waals surface area contributed by atoms with Crippen LogP contribution >= 0.6 is 11.3 Å². The number of benzene rings is 1. The molecule has 0 saturated heterocycles. The Balaban J connectivity index is 1.82. The Morgan fingerprint density at radius 1 is 1.23 bits per heavy atom. The molecule has 1 aromatic carbocycles. The Labute approximate surface area is 178 Å². The number of aromatic nitrogens is 1. The molecule has 1 aliphatic rings. The smallest absolute Gasteiger partial charge is 0.305 e. The van der Waals surface area contributed by atoms with E-state index in [0.29, 0.717) is 30.0 Å². The van der Waals surface area contributed by atoms with Crippen molar-refractivity contribution in [3.8, 4) is 21.9 Å². The van der Waals surface area contributed by atoms with Gasteiger partial charge in [-0.3, -0.25) is 9.59 Å². The summed E-state index contributed by atoms with van der Waals surface area (Å²) < 4.78 is 17.8. The normalized spacial score (nSPS) is 12.2. The van der Waals surface area contributed by atoms with Crippen molar-refractivity contribution >= 4 is 23.2 Å². The maximum Gasteiger partial charge on any atom is 0.305 e. The minimum atomic E-state index is -0.486. The molecule has 3 heterocycles. The van der Waals surface area contributed by atoms with E-state index in [1.165, 1.54) is 18.4 Å². The van der Waals surface area contributed by atoms with Crippen LogP contribution in [-0.2, 0) is 22.5 Å². The van der Waals surface area contributed by atoms with Gasteiger partial charge < -0.3 is 24.5 Å². The van der Waals surface area contributed by atoms with Gasteiger partial charge in [-0.1, -0.05) is 12.1 Å². The number of primary amides is 1. The number of hydrogen-bond acceptors (Lipinski definition) is 6. The van der Waals surface area contributed by atoms with Crippen LogP contribution in [0.25, 0.3) is 10.4 Å². The number of carbonyl (C=O) groups is 2. The number of rotatable bonds is 7. The molecule has 2 aromatic heterocycles. The van der Waals surface area contributed by atoms with Gasteiger partial charge in [0.1, 0.15) is 0 Å². The van der Waals surface area contributed by atoms with E-state index in [9.17, 15) is 9.59 Å². The van der Waals surface area contributed by atoms with Crippen LogP contribution in [0, 0.1) is 6.92 Å². The summed E-state index contributed by atoms with van der Waals surface area (Å²) in [7, 11) is 1.37. The highest BCUT2D eigenvalue weighted by atomic mass is 32.1. The minimum Gasteiger partial charge on any atom is -0.469 e. The van der Waals surface area contributed by atoms with E-state index in [1.54, 1.807) is 0 Å². The number of hydrogen-bond donors (Lipinski definition) is 1. The van der Waals surface area contributed by atoms with Gasteiger partial charge in [0.05, 0.1) is 19.1 Å². The van der Waals surface area contributed by atoms with Crippen molar-refractivity contribution in [1.82, 2.24) is 4.57 Å². The number of amides is 1. The molecule has 4 rings (SSSR count). The summed E-state index contributed by atoms with van der Waals surface area (Å²) in [6.07, 6.45) is 0.635. The van der Waals surface area contributed by atoms with Crippen LogP contribution in [0.5, 0.6) is 11.5 Å². The van der Waals surface area contributed by atoms with Crippen molar-refractivity contribution in [2.75, 3.05) is 13.9 Å². The lowest BCUT2D eigenvalue weighted by Gasteiger charge is -2.13. The molecular weight excluding hydrogens is 404 g/mol. The average molecular weight is 426 g/mol. The highest BCUT2D eigenvalue weighted by Crippen LogP contribution is 2.38. The van der Waals surface area contributed by atoms with Gasteiger partial charge in [-0.2, -0.15) is 0 Å². The van der Waals surface area contributed by atoms with E-state index < -0.39 is 5.91 Å². The first kappa shape index (κ1) is 20.0. The Morgan fingerprint density at radius 2 is 2.03 bits per heavy atom. The molecule has 0 saturated carbocycles. The largest absolute Gasteiger partial charge is 0.469 e. The van der Waals surface area contributed by atoms with Gasteiger partial charge in [0.15, 0.2) is 11.5 Å². The monoisotopic (exact) mass is 426 g/mol. The fourth-order valence-electron chi connectivity index (χ4n) is 3.80. The third-order valence-corrected chi connectivity index (χ3v) is 6.10. The number of nitrogens with two attached hydrogens (primary N) is 1. The number of ether oxygens (including phenoxy) is 3. The van der Waals surface area contributed by atoms with Gasteiger partial charge >= 0.3 is 5.97 Å². The van der Waals surface area contributed by atoms with Crippen LogP contribution in [-0.4, -0.2) is 30.3 Å². The molecular formula is C22H22N2O5S. The quantitative estimate of drug-likeness (QED) is 0.584. The molecule has 0 aliphatic carbocycles.